The maximum Gasteiger partial charge on any atom is 0.257 e. The molecule has 1 atom stereocenters. The molecule has 21 heavy (non-hydrogen) atoms. The van der Waals surface area contributed by atoms with Crippen molar-refractivity contribution in [2.24, 2.45) is 0 Å². The SMILES string of the molecule is O=C(Nc1nccs1)C1CCCN1C(=O)c1coc(Br)c1. The molecule has 1 aliphatic heterocycles. The Balaban J connectivity index is 1.73. The minimum atomic E-state index is -0.463. The van der Waals surface area contributed by atoms with Crippen LogP contribution in [-0.2, 0) is 4.79 Å². The molecule has 1 unspecified atom stereocenters. The van der Waals surface area contributed by atoms with Gasteiger partial charge in [0, 0.05) is 24.2 Å². The Morgan fingerprint density at radius 1 is 1.52 bits per heavy atom. The van der Waals surface area contributed by atoms with Gasteiger partial charge in [-0.15, -0.1) is 11.3 Å². The number of thiazole rings is 1. The molecular formula is C13H12BrN3O3S. The van der Waals surface area contributed by atoms with Gasteiger partial charge in [-0.2, -0.15) is 0 Å². The number of anilines is 1. The topological polar surface area (TPSA) is 75.4 Å². The molecule has 1 fully saturated rings. The molecule has 2 aromatic heterocycles. The number of hydrogen-bond acceptors (Lipinski definition) is 5. The Kier molecular flexibility index (Phi) is 4.07. The van der Waals surface area contributed by atoms with Gasteiger partial charge in [-0.1, -0.05) is 0 Å². The summed E-state index contributed by atoms with van der Waals surface area (Å²) in [5.74, 6) is -0.389. The minimum Gasteiger partial charge on any atom is -0.457 e. The molecule has 0 radical (unpaired) electrons. The predicted octanol–water partition coefficient (Wildman–Crippen LogP) is 2.74. The first-order valence-electron chi connectivity index (χ1n) is 6.40. The molecule has 6 nitrogen and oxygen atoms in total. The van der Waals surface area contributed by atoms with Crippen molar-refractivity contribution in [3.63, 3.8) is 0 Å². The fraction of sp³-hybridized carbons (Fsp3) is 0.308. The molecule has 3 heterocycles. The van der Waals surface area contributed by atoms with E-state index in [9.17, 15) is 9.59 Å². The van der Waals surface area contributed by atoms with E-state index in [1.165, 1.54) is 17.6 Å². The Bertz CT molecular complexity index is 655. The van der Waals surface area contributed by atoms with Gasteiger partial charge in [0.05, 0.1) is 5.56 Å². The highest BCUT2D eigenvalue weighted by Crippen LogP contribution is 2.24. The molecule has 3 rings (SSSR count). The van der Waals surface area contributed by atoms with Crippen LogP contribution in [0.3, 0.4) is 0 Å². The van der Waals surface area contributed by atoms with Crippen LogP contribution in [0.15, 0.2) is 33.0 Å². The summed E-state index contributed by atoms with van der Waals surface area (Å²) in [4.78, 5) is 30.3. The van der Waals surface area contributed by atoms with Crippen molar-refractivity contribution < 1.29 is 14.0 Å². The van der Waals surface area contributed by atoms with Gasteiger partial charge in [0.1, 0.15) is 12.3 Å². The first kappa shape index (κ1) is 14.3. The predicted molar refractivity (Wildman–Crippen MR) is 81.2 cm³/mol. The quantitative estimate of drug-likeness (QED) is 0.902. The van der Waals surface area contributed by atoms with Crippen LogP contribution in [0, 0.1) is 0 Å². The molecule has 0 saturated carbocycles. The molecule has 0 aliphatic carbocycles. The van der Waals surface area contributed by atoms with Gasteiger partial charge in [-0.3, -0.25) is 9.59 Å². The summed E-state index contributed by atoms with van der Waals surface area (Å²) in [7, 11) is 0. The van der Waals surface area contributed by atoms with Crippen molar-refractivity contribution in [2.75, 3.05) is 11.9 Å². The first-order chi connectivity index (χ1) is 10.1. The second kappa shape index (κ2) is 5.98. The molecular weight excluding hydrogens is 358 g/mol. The van der Waals surface area contributed by atoms with Gasteiger partial charge >= 0.3 is 0 Å². The van der Waals surface area contributed by atoms with E-state index in [2.05, 4.69) is 26.2 Å². The number of halogens is 1. The average molecular weight is 370 g/mol. The lowest BCUT2D eigenvalue weighted by Crippen LogP contribution is -2.43. The van der Waals surface area contributed by atoms with E-state index in [1.54, 1.807) is 22.5 Å². The summed E-state index contributed by atoms with van der Waals surface area (Å²) in [6.45, 7) is 0.567. The zero-order valence-corrected chi connectivity index (χ0v) is 13.3. The van der Waals surface area contributed by atoms with Crippen molar-refractivity contribution in [1.29, 1.82) is 0 Å². The molecule has 0 aromatic carbocycles. The van der Waals surface area contributed by atoms with Crippen LogP contribution in [0.1, 0.15) is 23.2 Å². The number of carbonyl (C=O) groups excluding carboxylic acids is 2. The van der Waals surface area contributed by atoms with E-state index in [0.29, 0.717) is 28.3 Å². The maximum atomic E-state index is 12.4. The summed E-state index contributed by atoms with van der Waals surface area (Å²) in [5.41, 5.74) is 0.441. The average Bonchev–Trinajstić information content (AvgIpc) is 3.18. The molecule has 2 amide bonds. The Hall–Kier alpha value is -1.67. The number of hydrogen-bond donors (Lipinski definition) is 1. The molecule has 1 aliphatic rings. The minimum absolute atomic E-state index is 0.193. The third kappa shape index (κ3) is 3.01. The maximum absolute atomic E-state index is 12.4. The number of likely N-dealkylation sites (tertiary alicyclic amines) is 1. The lowest BCUT2D eigenvalue weighted by atomic mass is 10.2. The van der Waals surface area contributed by atoms with Gasteiger partial charge in [0.2, 0.25) is 5.91 Å². The second-order valence-electron chi connectivity index (χ2n) is 4.62. The number of furan rings is 1. The molecule has 0 bridgehead atoms. The van der Waals surface area contributed by atoms with Gasteiger partial charge < -0.3 is 14.6 Å². The van der Waals surface area contributed by atoms with Crippen molar-refractivity contribution in [2.45, 2.75) is 18.9 Å². The summed E-state index contributed by atoms with van der Waals surface area (Å²) < 4.78 is 5.58. The summed E-state index contributed by atoms with van der Waals surface area (Å²) >= 11 is 4.52. The molecule has 2 aromatic rings. The number of aromatic nitrogens is 1. The van der Waals surface area contributed by atoms with E-state index >= 15 is 0 Å². The summed E-state index contributed by atoms with van der Waals surface area (Å²) in [6.07, 6.45) is 4.48. The van der Waals surface area contributed by atoms with Crippen molar-refractivity contribution in [1.82, 2.24) is 9.88 Å². The highest BCUT2D eigenvalue weighted by atomic mass is 79.9. The van der Waals surface area contributed by atoms with Gasteiger partial charge in [-0.05, 0) is 28.8 Å². The van der Waals surface area contributed by atoms with Crippen LogP contribution in [0.4, 0.5) is 5.13 Å². The van der Waals surface area contributed by atoms with E-state index in [0.717, 1.165) is 6.42 Å². The van der Waals surface area contributed by atoms with Gasteiger partial charge in [-0.25, -0.2) is 4.98 Å². The Morgan fingerprint density at radius 3 is 3.05 bits per heavy atom. The Morgan fingerprint density at radius 2 is 2.38 bits per heavy atom. The third-order valence-electron chi connectivity index (χ3n) is 3.29. The number of nitrogens with one attached hydrogen (secondary N) is 1. The van der Waals surface area contributed by atoms with Crippen LogP contribution in [0.2, 0.25) is 0 Å². The third-order valence-corrected chi connectivity index (χ3v) is 4.40. The van der Waals surface area contributed by atoms with Crippen LogP contribution in [0.5, 0.6) is 0 Å². The van der Waals surface area contributed by atoms with E-state index < -0.39 is 6.04 Å². The van der Waals surface area contributed by atoms with Crippen LogP contribution in [-0.4, -0.2) is 34.3 Å². The number of amides is 2. The second-order valence-corrected chi connectivity index (χ2v) is 6.30. The zero-order valence-electron chi connectivity index (χ0n) is 10.9. The molecule has 8 heteroatoms. The lowest BCUT2D eigenvalue weighted by molar-refractivity contribution is -0.119. The van der Waals surface area contributed by atoms with E-state index in [-0.39, 0.29) is 11.8 Å². The van der Waals surface area contributed by atoms with E-state index in [1.807, 2.05) is 0 Å². The van der Waals surface area contributed by atoms with Crippen molar-refractivity contribution in [3.05, 3.63) is 34.1 Å². The van der Waals surface area contributed by atoms with Gasteiger partial charge in [0.25, 0.3) is 5.91 Å². The fourth-order valence-corrected chi connectivity index (χ4v) is 3.22. The normalized spacial score (nSPS) is 18.0. The van der Waals surface area contributed by atoms with E-state index in [4.69, 9.17) is 4.42 Å². The Labute approximate surface area is 133 Å². The number of nitrogens with zero attached hydrogens (tertiary/aromatic N) is 2. The number of carbonyl (C=O) groups is 2. The highest BCUT2D eigenvalue weighted by Gasteiger charge is 2.35. The molecule has 1 N–H and O–H groups in total. The first-order valence-corrected chi connectivity index (χ1v) is 8.08. The summed E-state index contributed by atoms with van der Waals surface area (Å²) in [6, 6.07) is 1.14. The number of rotatable bonds is 3. The van der Waals surface area contributed by atoms with Crippen molar-refractivity contribution >= 4 is 44.2 Å². The van der Waals surface area contributed by atoms with Crippen LogP contribution in [0.25, 0.3) is 0 Å². The standard InChI is InChI=1S/C13H12BrN3O3S/c14-10-6-8(7-20-10)12(19)17-4-1-2-9(17)11(18)16-13-15-3-5-21-13/h3,5-7,9H,1-2,4H2,(H,15,16,18). The molecule has 0 spiro atoms. The zero-order chi connectivity index (χ0) is 14.8. The van der Waals surface area contributed by atoms with Crippen LogP contribution >= 0.6 is 27.3 Å². The van der Waals surface area contributed by atoms with Crippen LogP contribution < -0.4 is 5.32 Å². The van der Waals surface area contributed by atoms with Crippen molar-refractivity contribution in [3.8, 4) is 0 Å². The fourth-order valence-electron chi connectivity index (χ4n) is 2.34. The largest absolute Gasteiger partial charge is 0.457 e. The lowest BCUT2D eigenvalue weighted by Gasteiger charge is -2.22. The smallest absolute Gasteiger partial charge is 0.257 e. The molecule has 110 valence electrons. The summed E-state index contributed by atoms with van der Waals surface area (Å²) in [5, 5.41) is 5.08. The molecule has 1 saturated heterocycles. The van der Waals surface area contributed by atoms with Gasteiger partial charge in [0.15, 0.2) is 9.80 Å². The highest BCUT2D eigenvalue weighted by molar-refractivity contribution is 9.10. The monoisotopic (exact) mass is 369 g/mol.